The fraction of sp³-hybridized carbons (Fsp3) is 0.538. The van der Waals surface area contributed by atoms with E-state index in [0.29, 0.717) is 30.0 Å². The highest BCUT2D eigenvalue weighted by Crippen LogP contribution is 2.29. The monoisotopic (exact) mass is 318 g/mol. The number of alkyl halides is 3. The molecule has 0 aromatic carbocycles. The van der Waals surface area contributed by atoms with Crippen LogP contribution in [0.5, 0.6) is 0 Å². The molecular formula is C13H17F3N4S. The first-order valence-corrected chi connectivity index (χ1v) is 7.51. The van der Waals surface area contributed by atoms with Crippen molar-refractivity contribution >= 4 is 17.3 Å². The second kappa shape index (κ2) is 6.93. The van der Waals surface area contributed by atoms with Crippen LogP contribution in [0.1, 0.15) is 23.5 Å². The number of nitrogens with zero attached hydrogens (tertiary/aromatic N) is 2. The Morgan fingerprint density at radius 2 is 2.14 bits per heavy atom. The number of thiazole rings is 1. The van der Waals surface area contributed by atoms with Gasteiger partial charge in [0.05, 0.1) is 5.01 Å². The minimum atomic E-state index is -4.37. The van der Waals surface area contributed by atoms with Gasteiger partial charge in [0.15, 0.2) is 11.7 Å². The lowest BCUT2D eigenvalue weighted by Crippen LogP contribution is -2.43. The number of rotatable bonds is 4. The largest absolute Gasteiger partial charge is 0.434 e. The van der Waals surface area contributed by atoms with Crippen molar-refractivity contribution in [2.45, 2.75) is 31.5 Å². The van der Waals surface area contributed by atoms with E-state index in [2.05, 4.69) is 32.8 Å². The maximum atomic E-state index is 12.4. The average Bonchev–Trinajstić information content (AvgIpc) is 3.07. The molecule has 0 atom stereocenters. The van der Waals surface area contributed by atoms with Crippen LogP contribution in [0.25, 0.3) is 0 Å². The van der Waals surface area contributed by atoms with Gasteiger partial charge in [-0.25, -0.2) is 4.98 Å². The number of hydrogen-bond donors (Lipinski definition) is 2. The van der Waals surface area contributed by atoms with E-state index in [0.717, 1.165) is 29.6 Å². The third-order valence-electron chi connectivity index (χ3n) is 3.05. The summed E-state index contributed by atoms with van der Waals surface area (Å²) >= 11 is 1.03. The molecule has 0 saturated carbocycles. The molecule has 0 bridgehead atoms. The Morgan fingerprint density at radius 3 is 2.71 bits per heavy atom. The molecule has 0 aliphatic heterocycles. The number of aliphatic imine (C=N–C) groups is 1. The lowest BCUT2D eigenvalue weighted by Gasteiger charge is -2.16. The SMILES string of the molecule is CN=C(NCCc1nc(C(F)(F)F)cs1)NC1CC=CC1. The highest BCUT2D eigenvalue weighted by molar-refractivity contribution is 7.09. The van der Waals surface area contributed by atoms with Gasteiger partial charge >= 0.3 is 6.18 Å². The Hall–Kier alpha value is -1.57. The number of hydrogen-bond acceptors (Lipinski definition) is 3. The van der Waals surface area contributed by atoms with E-state index in [1.807, 2.05) is 0 Å². The lowest BCUT2D eigenvalue weighted by atomic mass is 10.2. The van der Waals surface area contributed by atoms with E-state index in [1.165, 1.54) is 0 Å². The Labute approximate surface area is 125 Å². The van der Waals surface area contributed by atoms with Crippen molar-refractivity contribution < 1.29 is 13.2 Å². The summed E-state index contributed by atoms with van der Waals surface area (Å²) in [4.78, 5) is 7.69. The zero-order chi connectivity index (χ0) is 15.3. The molecule has 116 valence electrons. The quantitative estimate of drug-likeness (QED) is 0.510. The van der Waals surface area contributed by atoms with Crippen LogP contribution < -0.4 is 10.6 Å². The fourth-order valence-electron chi connectivity index (χ4n) is 1.97. The molecule has 0 spiro atoms. The molecule has 1 aromatic rings. The Kier molecular flexibility index (Phi) is 5.22. The van der Waals surface area contributed by atoms with Gasteiger partial charge in [-0.2, -0.15) is 13.2 Å². The van der Waals surface area contributed by atoms with E-state index in [4.69, 9.17) is 0 Å². The van der Waals surface area contributed by atoms with Crippen molar-refractivity contribution in [3.05, 3.63) is 28.2 Å². The summed E-state index contributed by atoms with van der Waals surface area (Å²) < 4.78 is 37.3. The second-order valence-electron chi connectivity index (χ2n) is 4.66. The summed E-state index contributed by atoms with van der Waals surface area (Å²) in [5, 5.41) is 7.86. The van der Waals surface area contributed by atoms with Crippen LogP contribution in [0.4, 0.5) is 13.2 Å². The van der Waals surface area contributed by atoms with Gasteiger partial charge in [0.2, 0.25) is 0 Å². The lowest BCUT2D eigenvalue weighted by molar-refractivity contribution is -0.140. The number of aromatic nitrogens is 1. The van der Waals surface area contributed by atoms with Crippen LogP contribution >= 0.6 is 11.3 Å². The third-order valence-corrected chi connectivity index (χ3v) is 3.95. The maximum Gasteiger partial charge on any atom is 0.434 e. The van der Waals surface area contributed by atoms with Gasteiger partial charge in [0.1, 0.15) is 0 Å². The van der Waals surface area contributed by atoms with Crippen molar-refractivity contribution in [3.63, 3.8) is 0 Å². The molecule has 1 heterocycles. The van der Waals surface area contributed by atoms with Gasteiger partial charge in [-0.1, -0.05) is 12.2 Å². The van der Waals surface area contributed by atoms with Crippen molar-refractivity contribution in [1.29, 1.82) is 0 Å². The molecule has 1 aromatic heterocycles. The second-order valence-corrected chi connectivity index (χ2v) is 5.60. The molecule has 8 heteroatoms. The Balaban J connectivity index is 1.76. The Morgan fingerprint density at radius 1 is 1.43 bits per heavy atom. The molecule has 2 rings (SSSR count). The predicted molar refractivity (Wildman–Crippen MR) is 77.5 cm³/mol. The Bertz CT molecular complexity index is 514. The third kappa shape index (κ3) is 4.73. The van der Waals surface area contributed by atoms with E-state index < -0.39 is 11.9 Å². The molecule has 0 radical (unpaired) electrons. The van der Waals surface area contributed by atoms with Crippen molar-refractivity contribution in [3.8, 4) is 0 Å². The molecule has 0 saturated heterocycles. The number of halogens is 3. The van der Waals surface area contributed by atoms with E-state index in [-0.39, 0.29) is 0 Å². The summed E-state index contributed by atoms with van der Waals surface area (Å²) in [7, 11) is 1.67. The molecular weight excluding hydrogens is 301 g/mol. The highest BCUT2D eigenvalue weighted by atomic mass is 32.1. The van der Waals surface area contributed by atoms with Gasteiger partial charge in [-0.15, -0.1) is 11.3 Å². The van der Waals surface area contributed by atoms with Crippen LogP contribution in [-0.2, 0) is 12.6 Å². The van der Waals surface area contributed by atoms with Gasteiger partial charge in [-0.3, -0.25) is 4.99 Å². The summed E-state index contributed by atoms with van der Waals surface area (Å²) in [5.74, 6) is 0.663. The topological polar surface area (TPSA) is 49.3 Å². The van der Waals surface area contributed by atoms with Crippen LogP contribution in [0.15, 0.2) is 22.5 Å². The standard InChI is InChI=1S/C13H17F3N4S/c1-17-12(19-9-4-2-3-5-9)18-7-6-11-20-10(8-21-11)13(14,15)16/h2-3,8-9H,4-7H2,1H3,(H2,17,18,19). The smallest absolute Gasteiger partial charge is 0.356 e. The molecule has 2 N–H and O–H groups in total. The normalized spacial score (nSPS) is 16.5. The summed E-state index contributed by atoms with van der Waals surface area (Å²) in [6.07, 6.45) is 2.21. The first-order chi connectivity index (χ1) is 9.99. The molecule has 0 unspecified atom stereocenters. The zero-order valence-electron chi connectivity index (χ0n) is 11.6. The minimum absolute atomic E-state index is 0.341. The molecule has 0 amide bonds. The van der Waals surface area contributed by atoms with Crippen LogP contribution in [-0.4, -0.2) is 30.6 Å². The summed E-state index contributed by atoms with van der Waals surface area (Å²) in [5.41, 5.74) is -0.818. The van der Waals surface area contributed by atoms with Crippen molar-refractivity contribution in [2.24, 2.45) is 4.99 Å². The maximum absolute atomic E-state index is 12.4. The number of nitrogens with one attached hydrogen (secondary N) is 2. The van der Waals surface area contributed by atoms with Gasteiger partial charge in [0, 0.05) is 31.4 Å². The molecule has 4 nitrogen and oxygen atoms in total. The minimum Gasteiger partial charge on any atom is -0.356 e. The van der Waals surface area contributed by atoms with Crippen molar-refractivity contribution in [1.82, 2.24) is 15.6 Å². The van der Waals surface area contributed by atoms with Gasteiger partial charge in [-0.05, 0) is 12.8 Å². The van der Waals surface area contributed by atoms with E-state index in [1.54, 1.807) is 7.05 Å². The van der Waals surface area contributed by atoms with Gasteiger partial charge in [0.25, 0.3) is 0 Å². The fourth-order valence-corrected chi connectivity index (χ4v) is 2.77. The van der Waals surface area contributed by atoms with Crippen LogP contribution in [0.2, 0.25) is 0 Å². The summed E-state index contributed by atoms with van der Waals surface area (Å²) in [6, 6.07) is 0.341. The molecule has 1 aliphatic carbocycles. The molecule has 21 heavy (non-hydrogen) atoms. The first kappa shape index (κ1) is 15.8. The van der Waals surface area contributed by atoms with Crippen LogP contribution in [0, 0.1) is 0 Å². The highest BCUT2D eigenvalue weighted by Gasteiger charge is 2.33. The molecule has 1 aliphatic rings. The van der Waals surface area contributed by atoms with Gasteiger partial charge < -0.3 is 10.6 Å². The van der Waals surface area contributed by atoms with Crippen LogP contribution in [0.3, 0.4) is 0 Å². The molecule has 0 fully saturated rings. The van der Waals surface area contributed by atoms with E-state index >= 15 is 0 Å². The van der Waals surface area contributed by atoms with E-state index in [9.17, 15) is 13.2 Å². The number of guanidine groups is 1. The zero-order valence-corrected chi connectivity index (χ0v) is 12.4. The first-order valence-electron chi connectivity index (χ1n) is 6.63. The van der Waals surface area contributed by atoms with Crippen molar-refractivity contribution in [2.75, 3.05) is 13.6 Å². The average molecular weight is 318 g/mol. The predicted octanol–water partition coefficient (Wildman–Crippen LogP) is 2.59. The summed E-state index contributed by atoms with van der Waals surface area (Å²) in [6.45, 7) is 0.491.